The van der Waals surface area contributed by atoms with Crippen LogP contribution in [0.5, 0.6) is 0 Å². The van der Waals surface area contributed by atoms with Gasteiger partial charge in [-0.2, -0.15) is 0 Å². The van der Waals surface area contributed by atoms with Crippen LogP contribution in [0.25, 0.3) is 0 Å². The molecule has 0 bridgehead atoms. The Morgan fingerprint density at radius 2 is 1.76 bits per heavy atom. The Balaban J connectivity index is 1.77. The number of Topliss-reactive ketones (excluding diaryl/α,β-unsaturated/α-hetero) is 1. The number of esters is 1. The lowest BCUT2D eigenvalue weighted by Crippen LogP contribution is -2.60. The van der Waals surface area contributed by atoms with E-state index < -0.39 is 28.8 Å². The van der Waals surface area contributed by atoms with E-state index in [1.54, 1.807) is 6.92 Å². The zero-order valence-corrected chi connectivity index (χ0v) is 24.4. The fourth-order valence-electron chi connectivity index (χ4n) is 9.13. The number of ether oxygens (including phenoxy) is 1. The number of carboxylic acids is 1. The average Bonchev–Trinajstić information content (AvgIpc) is 3.19. The molecule has 9 unspecified atom stereocenters. The maximum atomic E-state index is 14.0. The molecule has 4 aliphatic carbocycles. The van der Waals surface area contributed by atoms with Gasteiger partial charge in [-0.15, -0.1) is 0 Å². The third kappa shape index (κ3) is 4.20. The third-order valence-corrected chi connectivity index (χ3v) is 11.8. The summed E-state index contributed by atoms with van der Waals surface area (Å²) in [5.74, 6) is -0.694. The zero-order valence-electron chi connectivity index (χ0n) is 24.4. The molecule has 2 fully saturated rings. The van der Waals surface area contributed by atoms with Gasteiger partial charge in [0.2, 0.25) is 0 Å². The van der Waals surface area contributed by atoms with Gasteiger partial charge in [-0.25, -0.2) is 0 Å². The van der Waals surface area contributed by atoms with E-state index in [4.69, 9.17) is 4.74 Å². The highest BCUT2D eigenvalue weighted by atomic mass is 16.5. The molecule has 6 heteroatoms. The summed E-state index contributed by atoms with van der Waals surface area (Å²) < 4.78 is 6.11. The average molecular weight is 529 g/mol. The fourth-order valence-corrected chi connectivity index (χ4v) is 9.13. The van der Waals surface area contributed by atoms with Gasteiger partial charge in [0.15, 0.2) is 5.78 Å². The first-order valence-corrected chi connectivity index (χ1v) is 14.6. The van der Waals surface area contributed by atoms with Crippen LogP contribution in [-0.2, 0) is 19.1 Å². The zero-order chi connectivity index (χ0) is 28.4. The molecule has 0 spiro atoms. The Morgan fingerprint density at radius 3 is 2.34 bits per heavy atom. The molecular formula is C32H48O6. The van der Waals surface area contributed by atoms with Gasteiger partial charge in [0.1, 0.15) is 6.10 Å². The van der Waals surface area contributed by atoms with Gasteiger partial charge >= 0.3 is 11.9 Å². The summed E-state index contributed by atoms with van der Waals surface area (Å²) >= 11 is 0. The first-order valence-electron chi connectivity index (χ1n) is 14.6. The summed E-state index contributed by atoms with van der Waals surface area (Å²) in [5, 5.41) is 21.1. The first kappa shape index (κ1) is 29.0. The van der Waals surface area contributed by atoms with Crippen LogP contribution >= 0.6 is 0 Å². The highest BCUT2D eigenvalue weighted by Gasteiger charge is 2.66. The molecule has 0 aliphatic heterocycles. The Morgan fingerprint density at radius 1 is 1.11 bits per heavy atom. The van der Waals surface area contributed by atoms with E-state index >= 15 is 0 Å². The molecule has 212 valence electrons. The monoisotopic (exact) mass is 528 g/mol. The summed E-state index contributed by atoms with van der Waals surface area (Å²) in [6.07, 6.45) is 4.09. The molecule has 9 atom stereocenters. The minimum Gasteiger partial charge on any atom is -0.481 e. The topological polar surface area (TPSA) is 101 Å². The summed E-state index contributed by atoms with van der Waals surface area (Å²) in [6, 6.07) is 0. The van der Waals surface area contributed by atoms with Crippen molar-refractivity contribution in [2.24, 2.45) is 45.8 Å². The van der Waals surface area contributed by atoms with E-state index in [-0.39, 0.29) is 35.6 Å². The minimum atomic E-state index is -1.40. The molecule has 0 amide bonds. The van der Waals surface area contributed by atoms with E-state index in [0.717, 1.165) is 36.8 Å². The molecule has 0 aromatic rings. The maximum Gasteiger partial charge on any atom is 0.312 e. The van der Waals surface area contributed by atoms with Crippen molar-refractivity contribution in [1.82, 2.24) is 0 Å². The fraction of sp³-hybridized carbons (Fsp3) is 0.781. The Labute approximate surface area is 228 Å². The predicted octanol–water partition coefficient (Wildman–Crippen LogP) is 6.12. The molecule has 0 aromatic heterocycles. The molecule has 0 heterocycles. The van der Waals surface area contributed by atoms with Crippen LogP contribution in [0.4, 0.5) is 0 Å². The normalized spacial score (nSPS) is 41.3. The van der Waals surface area contributed by atoms with Crippen molar-refractivity contribution < 1.29 is 29.3 Å². The van der Waals surface area contributed by atoms with Crippen molar-refractivity contribution in [3.8, 4) is 0 Å². The number of rotatable bonds is 7. The standard InChI is InChI=1S/C32H48O6/c1-17(2)18(3)9-10-19(4)21-11-12-22-28-23(15-27(31(21,22)7)38-20(5)33)30(6)14-13-26(35)32(8,29(36)37)25(30)16-24(28)34/h17,19,21-22,25-27,35H,3,9-16H2,1-2,4-8H3,(H,36,37). The number of hydrogen-bond donors (Lipinski definition) is 2. The van der Waals surface area contributed by atoms with Crippen LogP contribution < -0.4 is 0 Å². The van der Waals surface area contributed by atoms with E-state index in [0.29, 0.717) is 37.0 Å². The van der Waals surface area contributed by atoms with Gasteiger partial charge in [0.05, 0.1) is 11.5 Å². The lowest BCUT2D eigenvalue weighted by Gasteiger charge is -2.59. The van der Waals surface area contributed by atoms with E-state index in [1.165, 1.54) is 12.5 Å². The Bertz CT molecular complexity index is 1060. The number of carbonyl (C=O) groups excluding carboxylic acids is 2. The van der Waals surface area contributed by atoms with Crippen molar-refractivity contribution in [1.29, 1.82) is 0 Å². The molecule has 4 rings (SSSR count). The Hall–Kier alpha value is -1.95. The van der Waals surface area contributed by atoms with Gasteiger partial charge in [-0.05, 0) is 86.0 Å². The smallest absolute Gasteiger partial charge is 0.312 e. The van der Waals surface area contributed by atoms with Crippen LogP contribution in [0, 0.1) is 45.8 Å². The molecule has 0 saturated heterocycles. The highest BCUT2D eigenvalue weighted by molar-refractivity contribution is 5.99. The lowest BCUT2D eigenvalue weighted by molar-refractivity contribution is -0.177. The lowest BCUT2D eigenvalue weighted by atomic mass is 9.44. The predicted molar refractivity (Wildman–Crippen MR) is 146 cm³/mol. The molecule has 4 aliphatic rings. The van der Waals surface area contributed by atoms with Crippen LogP contribution in [0.1, 0.15) is 99.8 Å². The number of aliphatic carboxylic acids is 1. The van der Waals surface area contributed by atoms with Gasteiger partial charge in [0, 0.05) is 25.2 Å². The third-order valence-electron chi connectivity index (χ3n) is 11.8. The SMILES string of the molecule is C=C(CCC(C)C1CCC2C3=C(CC(OC(C)=O)C21C)C1(C)CCC(O)C(C)(C(=O)O)C1CC3=O)C(C)C. The molecule has 0 radical (unpaired) electrons. The van der Waals surface area contributed by atoms with E-state index in [1.807, 2.05) is 0 Å². The molecule has 2 saturated carbocycles. The van der Waals surface area contributed by atoms with Crippen molar-refractivity contribution in [3.63, 3.8) is 0 Å². The van der Waals surface area contributed by atoms with Crippen LogP contribution in [0.2, 0.25) is 0 Å². The number of aliphatic hydroxyl groups is 1. The number of carboxylic acid groups (broad SMARTS) is 1. The molecular weight excluding hydrogens is 480 g/mol. The second kappa shape index (κ2) is 9.91. The van der Waals surface area contributed by atoms with Crippen molar-refractivity contribution in [3.05, 3.63) is 23.3 Å². The maximum absolute atomic E-state index is 14.0. The van der Waals surface area contributed by atoms with E-state index in [2.05, 4.69) is 41.2 Å². The second-order valence-corrected chi connectivity index (χ2v) is 13.9. The first-order chi connectivity index (χ1) is 17.6. The number of allylic oxidation sites excluding steroid dienone is 2. The highest BCUT2D eigenvalue weighted by Crippen LogP contribution is 2.68. The van der Waals surface area contributed by atoms with Crippen LogP contribution in [0.3, 0.4) is 0 Å². The number of ketones is 1. The van der Waals surface area contributed by atoms with Gasteiger partial charge < -0.3 is 14.9 Å². The van der Waals surface area contributed by atoms with Crippen LogP contribution in [0.15, 0.2) is 23.3 Å². The van der Waals surface area contributed by atoms with Crippen LogP contribution in [-0.4, -0.2) is 40.1 Å². The number of fused-ring (bicyclic) bond motifs is 4. The second-order valence-electron chi connectivity index (χ2n) is 13.9. The number of hydrogen-bond acceptors (Lipinski definition) is 5. The minimum absolute atomic E-state index is 0.00967. The molecule has 6 nitrogen and oxygen atoms in total. The van der Waals surface area contributed by atoms with Gasteiger partial charge in [0.25, 0.3) is 0 Å². The number of aliphatic hydroxyl groups excluding tert-OH is 1. The van der Waals surface area contributed by atoms with Crippen molar-refractivity contribution in [2.45, 2.75) is 112 Å². The molecule has 38 heavy (non-hydrogen) atoms. The van der Waals surface area contributed by atoms with Crippen molar-refractivity contribution >= 4 is 17.7 Å². The summed E-state index contributed by atoms with van der Waals surface area (Å²) in [6.45, 7) is 18.3. The van der Waals surface area contributed by atoms with E-state index in [9.17, 15) is 24.6 Å². The largest absolute Gasteiger partial charge is 0.481 e. The summed E-state index contributed by atoms with van der Waals surface area (Å²) in [5.41, 5.74) is 0.850. The summed E-state index contributed by atoms with van der Waals surface area (Å²) in [4.78, 5) is 38.9. The van der Waals surface area contributed by atoms with Gasteiger partial charge in [-0.1, -0.05) is 52.3 Å². The Kier molecular flexibility index (Phi) is 7.57. The van der Waals surface area contributed by atoms with Crippen molar-refractivity contribution in [2.75, 3.05) is 0 Å². The number of carbonyl (C=O) groups is 3. The molecule has 0 aromatic carbocycles. The quantitative estimate of drug-likeness (QED) is 0.305. The molecule has 2 N–H and O–H groups in total. The van der Waals surface area contributed by atoms with Gasteiger partial charge in [-0.3, -0.25) is 14.4 Å². The summed E-state index contributed by atoms with van der Waals surface area (Å²) in [7, 11) is 0.